The molecule has 0 saturated carbocycles. The molecular weight excluding hydrogens is 226 g/mol. The number of oxime groups is 1. The van der Waals surface area contributed by atoms with Gasteiger partial charge in [-0.05, 0) is 11.4 Å². The van der Waals surface area contributed by atoms with Crippen molar-refractivity contribution in [2.75, 3.05) is 6.54 Å². The Bertz CT molecular complexity index is 402. The molecule has 1 aromatic heterocycles. The number of amidine groups is 1. The average molecular weight is 239 g/mol. The van der Waals surface area contributed by atoms with Crippen molar-refractivity contribution in [3.05, 3.63) is 22.4 Å². The van der Waals surface area contributed by atoms with Crippen LogP contribution in [0.25, 0.3) is 0 Å². The average Bonchev–Trinajstić information content (AvgIpc) is 2.89. The summed E-state index contributed by atoms with van der Waals surface area (Å²) in [4.78, 5) is 14.6. The third-order valence-corrected chi connectivity index (χ3v) is 3.54. The summed E-state index contributed by atoms with van der Waals surface area (Å²) in [6, 6.07) is 3.95. The Labute approximate surface area is 97.2 Å². The van der Waals surface area contributed by atoms with E-state index < -0.39 is 0 Å². The highest BCUT2D eigenvalue weighted by Gasteiger charge is 2.32. The highest BCUT2D eigenvalue weighted by molar-refractivity contribution is 7.09. The van der Waals surface area contributed by atoms with Gasteiger partial charge in [0.2, 0.25) is 5.91 Å². The van der Waals surface area contributed by atoms with Crippen LogP contribution in [-0.4, -0.2) is 28.4 Å². The summed E-state index contributed by atoms with van der Waals surface area (Å²) in [5.41, 5.74) is 5.50. The second-order valence-electron chi connectivity index (χ2n) is 3.78. The predicted molar refractivity (Wildman–Crippen MR) is 61.3 cm³/mol. The lowest BCUT2D eigenvalue weighted by atomic mass is 10.1. The van der Waals surface area contributed by atoms with Crippen LogP contribution in [-0.2, 0) is 11.3 Å². The van der Waals surface area contributed by atoms with E-state index in [0.717, 1.165) is 4.88 Å². The molecule has 0 radical (unpaired) electrons. The molecule has 0 aliphatic carbocycles. The molecule has 1 fully saturated rings. The van der Waals surface area contributed by atoms with Gasteiger partial charge in [-0.2, -0.15) is 0 Å². The van der Waals surface area contributed by atoms with Crippen LogP contribution >= 0.6 is 11.3 Å². The zero-order valence-corrected chi connectivity index (χ0v) is 9.48. The first-order chi connectivity index (χ1) is 7.70. The maximum atomic E-state index is 11.7. The molecule has 5 nitrogen and oxygen atoms in total. The molecule has 1 aliphatic rings. The summed E-state index contributed by atoms with van der Waals surface area (Å²) in [7, 11) is 0. The lowest BCUT2D eigenvalue weighted by molar-refractivity contribution is -0.128. The fourth-order valence-corrected chi connectivity index (χ4v) is 2.51. The first-order valence-corrected chi connectivity index (χ1v) is 5.86. The lowest BCUT2D eigenvalue weighted by Gasteiger charge is -2.14. The van der Waals surface area contributed by atoms with E-state index in [-0.39, 0.29) is 17.7 Å². The third kappa shape index (κ3) is 2.16. The number of likely N-dealkylation sites (tertiary alicyclic amines) is 1. The topological polar surface area (TPSA) is 78.9 Å². The molecule has 86 valence electrons. The second-order valence-corrected chi connectivity index (χ2v) is 4.81. The fraction of sp³-hybridized carbons (Fsp3) is 0.400. The van der Waals surface area contributed by atoms with Crippen LogP contribution in [0.2, 0.25) is 0 Å². The minimum absolute atomic E-state index is 0.0602. The van der Waals surface area contributed by atoms with Crippen molar-refractivity contribution in [2.24, 2.45) is 16.8 Å². The SMILES string of the molecule is NC(=NO)C1CC(=O)N(Cc2cccs2)C1. The molecule has 1 aromatic rings. The standard InChI is InChI=1S/C10H13N3O2S/c11-10(12-15)7-4-9(14)13(5-7)6-8-2-1-3-16-8/h1-3,7,15H,4-6H2,(H2,11,12). The van der Waals surface area contributed by atoms with Gasteiger partial charge < -0.3 is 15.8 Å². The van der Waals surface area contributed by atoms with Crippen molar-refractivity contribution >= 4 is 23.1 Å². The number of nitrogens with zero attached hydrogens (tertiary/aromatic N) is 2. The van der Waals surface area contributed by atoms with Gasteiger partial charge in [0, 0.05) is 23.8 Å². The van der Waals surface area contributed by atoms with Gasteiger partial charge in [0.1, 0.15) is 5.84 Å². The van der Waals surface area contributed by atoms with Crippen molar-refractivity contribution in [3.8, 4) is 0 Å². The number of rotatable bonds is 3. The summed E-state index contributed by atoms with van der Waals surface area (Å²) in [5.74, 6) is 0.0458. The van der Waals surface area contributed by atoms with E-state index in [0.29, 0.717) is 19.5 Å². The minimum atomic E-state index is -0.155. The highest BCUT2D eigenvalue weighted by atomic mass is 32.1. The van der Waals surface area contributed by atoms with Crippen molar-refractivity contribution in [1.82, 2.24) is 4.90 Å². The number of amides is 1. The molecule has 1 aliphatic heterocycles. The highest BCUT2D eigenvalue weighted by Crippen LogP contribution is 2.21. The number of thiophene rings is 1. The maximum absolute atomic E-state index is 11.7. The van der Waals surface area contributed by atoms with Crippen molar-refractivity contribution in [3.63, 3.8) is 0 Å². The van der Waals surface area contributed by atoms with E-state index in [9.17, 15) is 4.79 Å². The molecule has 16 heavy (non-hydrogen) atoms. The van der Waals surface area contributed by atoms with Crippen LogP contribution in [0.15, 0.2) is 22.7 Å². The Morgan fingerprint density at radius 2 is 2.56 bits per heavy atom. The van der Waals surface area contributed by atoms with Gasteiger partial charge in [-0.15, -0.1) is 11.3 Å². The van der Waals surface area contributed by atoms with Gasteiger partial charge >= 0.3 is 0 Å². The molecule has 2 heterocycles. The number of carbonyl (C=O) groups excluding carboxylic acids is 1. The van der Waals surface area contributed by atoms with Crippen LogP contribution < -0.4 is 5.73 Å². The van der Waals surface area contributed by atoms with E-state index in [1.807, 2.05) is 17.5 Å². The monoisotopic (exact) mass is 239 g/mol. The molecule has 1 saturated heterocycles. The maximum Gasteiger partial charge on any atom is 0.223 e. The lowest BCUT2D eigenvalue weighted by Crippen LogP contribution is -2.28. The molecule has 6 heteroatoms. The third-order valence-electron chi connectivity index (χ3n) is 2.68. The van der Waals surface area contributed by atoms with Gasteiger partial charge in [0.05, 0.1) is 6.54 Å². The summed E-state index contributed by atoms with van der Waals surface area (Å²) >= 11 is 1.62. The number of hydrogen-bond acceptors (Lipinski definition) is 4. The van der Waals surface area contributed by atoms with Crippen molar-refractivity contribution in [1.29, 1.82) is 0 Å². The fourth-order valence-electron chi connectivity index (χ4n) is 1.80. The molecule has 0 spiro atoms. The largest absolute Gasteiger partial charge is 0.409 e. The summed E-state index contributed by atoms with van der Waals surface area (Å²) in [6.45, 7) is 1.15. The molecule has 1 amide bonds. The van der Waals surface area contributed by atoms with Gasteiger partial charge in [-0.25, -0.2) is 0 Å². The van der Waals surface area contributed by atoms with Crippen LogP contribution in [0.5, 0.6) is 0 Å². The van der Waals surface area contributed by atoms with Gasteiger partial charge in [-0.3, -0.25) is 4.79 Å². The van der Waals surface area contributed by atoms with Crippen LogP contribution in [0, 0.1) is 5.92 Å². The normalized spacial score (nSPS) is 21.8. The van der Waals surface area contributed by atoms with E-state index in [1.54, 1.807) is 16.2 Å². The first kappa shape index (κ1) is 10.9. The Morgan fingerprint density at radius 1 is 1.75 bits per heavy atom. The van der Waals surface area contributed by atoms with Gasteiger partial charge in [0.15, 0.2) is 0 Å². The minimum Gasteiger partial charge on any atom is -0.409 e. The zero-order chi connectivity index (χ0) is 11.5. The van der Waals surface area contributed by atoms with Crippen LogP contribution in [0.4, 0.5) is 0 Å². The predicted octanol–water partition coefficient (Wildman–Crippen LogP) is 0.843. The Morgan fingerprint density at radius 3 is 3.19 bits per heavy atom. The summed E-state index contributed by atoms with van der Waals surface area (Å²) < 4.78 is 0. The summed E-state index contributed by atoms with van der Waals surface area (Å²) in [6.07, 6.45) is 0.335. The number of hydrogen-bond donors (Lipinski definition) is 2. The van der Waals surface area contributed by atoms with Gasteiger partial charge in [-0.1, -0.05) is 11.2 Å². The van der Waals surface area contributed by atoms with E-state index >= 15 is 0 Å². The van der Waals surface area contributed by atoms with Crippen LogP contribution in [0.3, 0.4) is 0 Å². The van der Waals surface area contributed by atoms with Crippen LogP contribution in [0.1, 0.15) is 11.3 Å². The first-order valence-electron chi connectivity index (χ1n) is 4.98. The molecule has 0 aromatic carbocycles. The van der Waals surface area contributed by atoms with E-state index in [4.69, 9.17) is 10.9 Å². The second kappa shape index (κ2) is 4.52. The zero-order valence-electron chi connectivity index (χ0n) is 8.67. The van der Waals surface area contributed by atoms with Crippen molar-refractivity contribution in [2.45, 2.75) is 13.0 Å². The molecule has 2 rings (SSSR count). The quantitative estimate of drug-likeness (QED) is 0.355. The molecule has 0 bridgehead atoms. The molecule has 3 N–H and O–H groups in total. The molecule has 1 unspecified atom stereocenters. The number of nitrogens with two attached hydrogens (primary N) is 1. The Balaban J connectivity index is 2.00. The van der Waals surface area contributed by atoms with Crippen molar-refractivity contribution < 1.29 is 10.0 Å². The molecule has 1 atom stereocenters. The smallest absolute Gasteiger partial charge is 0.223 e. The van der Waals surface area contributed by atoms with E-state index in [1.165, 1.54) is 0 Å². The molecular formula is C10H13N3O2S. The Hall–Kier alpha value is -1.56. The van der Waals surface area contributed by atoms with E-state index in [2.05, 4.69) is 5.16 Å². The number of carbonyl (C=O) groups is 1. The summed E-state index contributed by atoms with van der Waals surface area (Å²) in [5, 5.41) is 13.5. The van der Waals surface area contributed by atoms with Gasteiger partial charge in [0.25, 0.3) is 0 Å². The Kier molecular flexibility index (Phi) is 3.09.